The van der Waals surface area contributed by atoms with Crippen LogP contribution < -0.4 is 0 Å². The van der Waals surface area contributed by atoms with Gasteiger partial charge in [0.05, 0.1) is 10.6 Å². The minimum atomic E-state index is -0.00448. The first kappa shape index (κ1) is 13.6. The number of aromatic nitrogens is 1. The van der Waals surface area contributed by atoms with Crippen molar-refractivity contribution >= 4 is 29.1 Å². The fourth-order valence-electron chi connectivity index (χ4n) is 2.19. The summed E-state index contributed by atoms with van der Waals surface area (Å²) in [5.74, 6) is 0.685. The summed E-state index contributed by atoms with van der Waals surface area (Å²) in [4.78, 5) is 18.1. The van der Waals surface area contributed by atoms with E-state index in [1.165, 1.54) is 12.6 Å². The predicted molar refractivity (Wildman–Crippen MR) is 73.2 cm³/mol. The average molecular weight is 287 g/mol. The molecule has 1 unspecified atom stereocenters. The lowest BCUT2D eigenvalue weighted by Gasteiger charge is -2.20. The number of carbonyl (C=O) groups is 1. The SMILES string of the molecule is CC1CCCN(C(=O)c2cnc(Cl)c(Cl)c2)CC1. The third-order valence-electron chi connectivity index (χ3n) is 3.35. The number of halogens is 2. The molecule has 3 nitrogen and oxygen atoms in total. The zero-order valence-electron chi connectivity index (χ0n) is 10.3. The Hall–Kier alpha value is -0.800. The van der Waals surface area contributed by atoms with Crippen LogP contribution in [0.15, 0.2) is 12.3 Å². The summed E-state index contributed by atoms with van der Waals surface area (Å²) >= 11 is 11.6. The maximum absolute atomic E-state index is 12.3. The van der Waals surface area contributed by atoms with Crippen LogP contribution in [0.4, 0.5) is 0 Å². The summed E-state index contributed by atoms with van der Waals surface area (Å²) in [6.07, 6.45) is 4.79. The molecular formula is C13H16Cl2N2O. The van der Waals surface area contributed by atoms with Gasteiger partial charge >= 0.3 is 0 Å². The molecule has 1 aliphatic rings. The van der Waals surface area contributed by atoms with Crippen LogP contribution in [0.1, 0.15) is 36.5 Å². The van der Waals surface area contributed by atoms with Crippen LogP contribution in [0.3, 0.4) is 0 Å². The van der Waals surface area contributed by atoms with Crippen molar-refractivity contribution in [1.29, 1.82) is 0 Å². The van der Waals surface area contributed by atoms with Gasteiger partial charge in [-0.1, -0.05) is 30.1 Å². The molecule has 0 saturated carbocycles. The Balaban J connectivity index is 2.12. The lowest BCUT2D eigenvalue weighted by molar-refractivity contribution is 0.0760. The van der Waals surface area contributed by atoms with Crippen LogP contribution in [0, 0.1) is 5.92 Å². The number of amides is 1. The van der Waals surface area contributed by atoms with Crippen molar-refractivity contribution < 1.29 is 4.79 Å². The zero-order valence-corrected chi connectivity index (χ0v) is 11.8. The molecule has 1 aliphatic heterocycles. The second-order valence-corrected chi connectivity index (χ2v) is 5.59. The summed E-state index contributed by atoms with van der Waals surface area (Å²) in [5, 5.41) is 0.559. The molecule has 5 heteroatoms. The summed E-state index contributed by atoms with van der Waals surface area (Å²) < 4.78 is 0. The van der Waals surface area contributed by atoms with Crippen LogP contribution >= 0.6 is 23.2 Å². The largest absolute Gasteiger partial charge is 0.339 e. The number of hydrogen-bond donors (Lipinski definition) is 0. The predicted octanol–water partition coefficient (Wildman–Crippen LogP) is 3.65. The normalized spacial score (nSPS) is 20.6. The molecule has 0 aromatic carbocycles. The highest BCUT2D eigenvalue weighted by Gasteiger charge is 2.20. The Morgan fingerprint density at radius 3 is 2.89 bits per heavy atom. The fraction of sp³-hybridized carbons (Fsp3) is 0.538. The van der Waals surface area contributed by atoms with Crippen molar-refractivity contribution in [3.8, 4) is 0 Å². The van der Waals surface area contributed by atoms with E-state index in [1.807, 2.05) is 4.90 Å². The van der Waals surface area contributed by atoms with Crippen molar-refractivity contribution in [3.05, 3.63) is 28.0 Å². The standard InChI is InChI=1S/C13H16Cl2N2O/c1-9-3-2-5-17(6-4-9)13(18)10-7-11(14)12(15)16-8-10/h7-9H,2-6H2,1H3. The second kappa shape index (κ2) is 5.89. The molecule has 2 heterocycles. The van der Waals surface area contributed by atoms with Gasteiger partial charge in [-0.3, -0.25) is 4.79 Å². The molecule has 0 N–H and O–H groups in total. The highest BCUT2D eigenvalue weighted by molar-refractivity contribution is 6.41. The highest BCUT2D eigenvalue weighted by Crippen LogP contribution is 2.22. The van der Waals surface area contributed by atoms with E-state index in [-0.39, 0.29) is 11.1 Å². The number of pyridine rings is 1. The average Bonchev–Trinajstić information content (AvgIpc) is 2.57. The molecule has 98 valence electrons. The molecule has 0 spiro atoms. The molecule has 0 bridgehead atoms. The molecule has 0 radical (unpaired) electrons. The van der Waals surface area contributed by atoms with Gasteiger partial charge in [-0.2, -0.15) is 0 Å². The van der Waals surface area contributed by atoms with Crippen LogP contribution in [0.5, 0.6) is 0 Å². The maximum atomic E-state index is 12.3. The van der Waals surface area contributed by atoms with E-state index < -0.39 is 0 Å². The minimum Gasteiger partial charge on any atom is -0.339 e. The summed E-state index contributed by atoms with van der Waals surface area (Å²) in [6.45, 7) is 3.85. The highest BCUT2D eigenvalue weighted by atomic mass is 35.5. The molecule has 1 atom stereocenters. The molecule has 1 aromatic rings. The van der Waals surface area contributed by atoms with Crippen molar-refractivity contribution in [1.82, 2.24) is 9.88 Å². The Labute approximate surface area is 117 Å². The summed E-state index contributed by atoms with van der Waals surface area (Å²) in [7, 11) is 0. The molecule has 0 aliphatic carbocycles. The van der Waals surface area contributed by atoms with Crippen molar-refractivity contribution in [2.24, 2.45) is 5.92 Å². The summed E-state index contributed by atoms with van der Waals surface area (Å²) in [5.41, 5.74) is 0.513. The van der Waals surface area contributed by atoms with Gasteiger partial charge in [0, 0.05) is 19.3 Å². The monoisotopic (exact) mass is 286 g/mol. The van der Waals surface area contributed by atoms with Gasteiger partial charge in [0.2, 0.25) is 0 Å². The van der Waals surface area contributed by atoms with E-state index in [2.05, 4.69) is 11.9 Å². The molecule has 18 heavy (non-hydrogen) atoms. The van der Waals surface area contributed by atoms with E-state index in [9.17, 15) is 4.79 Å². The smallest absolute Gasteiger partial charge is 0.255 e. The van der Waals surface area contributed by atoms with Gasteiger partial charge in [-0.15, -0.1) is 0 Å². The quantitative estimate of drug-likeness (QED) is 0.739. The lowest BCUT2D eigenvalue weighted by atomic mass is 10.0. The number of hydrogen-bond acceptors (Lipinski definition) is 2. The Bertz CT molecular complexity index is 451. The van der Waals surface area contributed by atoms with Crippen LogP contribution in [0.25, 0.3) is 0 Å². The fourth-order valence-corrected chi connectivity index (χ4v) is 2.46. The van der Waals surface area contributed by atoms with E-state index in [0.29, 0.717) is 16.5 Å². The number of nitrogens with zero attached hydrogens (tertiary/aromatic N) is 2. The Kier molecular flexibility index (Phi) is 4.46. The third-order valence-corrected chi connectivity index (χ3v) is 4.03. The van der Waals surface area contributed by atoms with Crippen LogP contribution in [-0.2, 0) is 0 Å². The molecular weight excluding hydrogens is 271 g/mol. The number of rotatable bonds is 1. The molecule has 1 aromatic heterocycles. The van der Waals surface area contributed by atoms with Gasteiger partial charge in [0.1, 0.15) is 5.15 Å². The van der Waals surface area contributed by atoms with E-state index in [1.54, 1.807) is 6.07 Å². The number of likely N-dealkylation sites (tertiary alicyclic amines) is 1. The van der Waals surface area contributed by atoms with Crippen LogP contribution in [0.2, 0.25) is 10.2 Å². The lowest BCUT2D eigenvalue weighted by Crippen LogP contribution is -2.32. The molecule has 2 rings (SSSR count). The third kappa shape index (κ3) is 3.15. The van der Waals surface area contributed by atoms with E-state index in [4.69, 9.17) is 23.2 Å². The molecule has 1 amide bonds. The van der Waals surface area contributed by atoms with E-state index in [0.717, 1.165) is 25.9 Å². The molecule has 1 fully saturated rings. The summed E-state index contributed by atoms with van der Waals surface area (Å²) in [6, 6.07) is 1.59. The first-order valence-corrected chi connectivity index (χ1v) is 6.94. The van der Waals surface area contributed by atoms with Gasteiger partial charge in [-0.05, 0) is 31.2 Å². The number of carbonyl (C=O) groups excluding carboxylic acids is 1. The Morgan fingerprint density at radius 2 is 2.17 bits per heavy atom. The maximum Gasteiger partial charge on any atom is 0.255 e. The van der Waals surface area contributed by atoms with E-state index >= 15 is 0 Å². The van der Waals surface area contributed by atoms with Gasteiger partial charge in [-0.25, -0.2) is 4.98 Å². The van der Waals surface area contributed by atoms with Crippen molar-refractivity contribution in [3.63, 3.8) is 0 Å². The topological polar surface area (TPSA) is 33.2 Å². The van der Waals surface area contributed by atoms with Gasteiger partial charge in [0.25, 0.3) is 5.91 Å². The van der Waals surface area contributed by atoms with Gasteiger partial charge in [0.15, 0.2) is 0 Å². The van der Waals surface area contributed by atoms with Crippen molar-refractivity contribution in [2.45, 2.75) is 26.2 Å². The minimum absolute atomic E-state index is 0.00448. The molecule has 1 saturated heterocycles. The van der Waals surface area contributed by atoms with Crippen LogP contribution in [-0.4, -0.2) is 28.9 Å². The first-order chi connectivity index (χ1) is 8.58. The zero-order chi connectivity index (χ0) is 13.1. The van der Waals surface area contributed by atoms with Crippen molar-refractivity contribution in [2.75, 3.05) is 13.1 Å². The Morgan fingerprint density at radius 1 is 1.39 bits per heavy atom. The van der Waals surface area contributed by atoms with Gasteiger partial charge < -0.3 is 4.90 Å². The first-order valence-electron chi connectivity index (χ1n) is 6.18. The second-order valence-electron chi connectivity index (χ2n) is 4.82.